The van der Waals surface area contributed by atoms with E-state index in [2.05, 4.69) is 0 Å². The minimum Gasteiger partial charge on any atom is -0.489 e. The van der Waals surface area contributed by atoms with Gasteiger partial charge in [-0.3, -0.25) is 0 Å². The smallest absolute Gasteiger partial charge is 0.338 e. The van der Waals surface area contributed by atoms with E-state index in [1.807, 2.05) is 32.0 Å². The molecule has 2 aromatic rings. The van der Waals surface area contributed by atoms with Crippen LogP contribution in [0.4, 0.5) is 5.69 Å². The van der Waals surface area contributed by atoms with Crippen molar-refractivity contribution in [2.45, 2.75) is 20.5 Å². The molecule has 0 saturated heterocycles. The Morgan fingerprint density at radius 1 is 1.25 bits per heavy atom. The van der Waals surface area contributed by atoms with E-state index in [1.165, 1.54) is 0 Å². The predicted molar refractivity (Wildman–Crippen MR) is 78.1 cm³/mol. The van der Waals surface area contributed by atoms with Crippen molar-refractivity contribution in [1.29, 1.82) is 0 Å². The molecule has 0 radical (unpaired) electrons. The fraction of sp³-hybridized carbons (Fsp3) is 0.188. The summed E-state index contributed by atoms with van der Waals surface area (Å²) in [5.41, 5.74) is 8.81. The molecule has 0 aliphatic carbocycles. The molecule has 0 bridgehead atoms. The summed E-state index contributed by atoms with van der Waals surface area (Å²) in [5.74, 6) is -0.295. The van der Waals surface area contributed by atoms with E-state index in [0.29, 0.717) is 5.56 Å². The van der Waals surface area contributed by atoms with E-state index < -0.39 is 5.97 Å². The largest absolute Gasteiger partial charge is 0.489 e. The Balaban J connectivity index is 2.23. The number of ether oxygens (including phenoxy) is 1. The van der Waals surface area contributed by atoms with E-state index in [0.717, 1.165) is 16.9 Å². The Kier molecular flexibility index (Phi) is 3.94. The Morgan fingerprint density at radius 3 is 2.65 bits per heavy atom. The first-order valence-electron chi connectivity index (χ1n) is 6.29. The molecule has 4 heteroatoms. The molecule has 2 rings (SSSR count). The van der Waals surface area contributed by atoms with Crippen LogP contribution in [0.1, 0.15) is 27.0 Å². The molecule has 0 aliphatic heterocycles. The summed E-state index contributed by atoms with van der Waals surface area (Å²) >= 11 is 0. The Bertz CT molecular complexity index is 650. The molecule has 3 N–H and O–H groups in total. The standard InChI is InChI=1S/C16H17NO3/c1-10-6-7-14(11(2)8-10)20-9-12-4-3-5-13(17)15(12)16(18)19/h3-8H,9,17H2,1-2H3,(H,18,19). The summed E-state index contributed by atoms with van der Waals surface area (Å²) in [6.45, 7) is 4.15. The van der Waals surface area contributed by atoms with Crippen molar-refractivity contribution in [3.8, 4) is 5.75 Å². The van der Waals surface area contributed by atoms with E-state index in [9.17, 15) is 9.90 Å². The van der Waals surface area contributed by atoms with Crippen LogP contribution in [0.15, 0.2) is 36.4 Å². The Hall–Kier alpha value is -2.49. The lowest BCUT2D eigenvalue weighted by Crippen LogP contribution is -2.09. The summed E-state index contributed by atoms with van der Waals surface area (Å²) in [6.07, 6.45) is 0. The molecule has 0 aromatic heterocycles. The lowest BCUT2D eigenvalue weighted by molar-refractivity contribution is 0.0695. The van der Waals surface area contributed by atoms with Gasteiger partial charge in [-0.1, -0.05) is 29.8 Å². The van der Waals surface area contributed by atoms with Crippen molar-refractivity contribution >= 4 is 11.7 Å². The second-order valence-electron chi connectivity index (χ2n) is 4.74. The highest BCUT2D eigenvalue weighted by atomic mass is 16.5. The molecular formula is C16H17NO3. The molecule has 0 aliphatic rings. The third-order valence-electron chi connectivity index (χ3n) is 3.11. The van der Waals surface area contributed by atoms with Crippen molar-refractivity contribution in [3.63, 3.8) is 0 Å². The fourth-order valence-corrected chi connectivity index (χ4v) is 2.12. The van der Waals surface area contributed by atoms with Gasteiger partial charge < -0.3 is 15.6 Å². The topological polar surface area (TPSA) is 72.5 Å². The predicted octanol–water partition coefficient (Wildman–Crippen LogP) is 3.16. The van der Waals surface area contributed by atoms with Crippen LogP contribution in [0.5, 0.6) is 5.75 Å². The highest BCUT2D eigenvalue weighted by Crippen LogP contribution is 2.22. The number of hydrogen-bond acceptors (Lipinski definition) is 3. The summed E-state index contributed by atoms with van der Waals surface area (Å²) in [5, 5.41) is 9.20. The van der Waals surface area contributed by atoms with Crippen LogP contribution in [0.25, 0.3) is 0 Å². The van der Waals surface area contributed by atoms with Crippen molar-refractivity contribution in [1.82, 2.24) is 0 Å². The minimum atomic E-state index is -1.04. The third kappa shape index (κ3) is 2.91. The maximum Gasteiger partial charge on any atom is 0.338 e. The number of carbonyl (C=O) groups is 1. The molecule has 20 heavy (non-hydrogen) atoms. The number of nitrogen functional groups attached to an aromatic ring is 1. The van der Waals surface area contributed by atoms with Crippen LogP contribution in [0.2, 0.25) is 0 Å². The maximum atomic E-state index is 11.2. The van der Waals surface area contributed by atoms with Crippen LogP contribution in [0, 0.1) is 13.8 Å². The average molecular weight is 271 g/mol. The number of rotatable bonds is 4. The average Bonchev–Trinajstić information content (AvgIpc) is 2.37. The highest BCUT2D eigenvalue weighted by Gasteiger charge is 2.14. The van der Waals surface area contributed by atoms with Gasteiger partial charge in [0.15, 0.2) is 0 Å². The van der Waals surface area contributed by atoms with Gasteiger partial charge in [-0.2, -0.15) is 0 Å². The first-order chi connectivity index (χ1) is 9.49. The van der Waals surface area contributed by atoms with Crippen LogP contribution in [-0.4, -0.2) is 11.1 Å². The van der Waals surface area contributed by atoms with Crippen LogP contribution in [-0.2, 0) is 6.61 Å². The van der Waals surface area contributed by atoms with Crippen LogP contribution in [0.3, 0.4) is 0 Å². The molecule has 0 unspecified atom stereocenters. The van der Waals surface area contributed by atoms with Crippen molar-refractivity contribution in [3.05, 3.63) is 58.7 Å². The third-order valence-corrected chi connectivity index (χ3v) is 3.11. The summed E-state index contributed by atoms with van der Waals surface area (Å²) < 4.78 is 5.70. The number of benzene rings is 2. The summed E-state index contributed by atoms with van der Waals surface area (Å²) in [4.78, 5) is 11.2. The number of aromatic carboxylic acids is 1. The second kappa shape index (κ2) is 5.65. The maximum absolute atomic E-state index is 11.2. The molecule has 0 heterocycles. The normalized spacial score (nSPS) is 10.3. The Labute approximate surface area is 117 Å². The van der Waals surface area contributed by atoms with E-state index >= 15 is 0 Å². The summed E-state index contributed by atoms with van der Waals surface area (Å²) in [7, 11) is 0. The Morgan fingerprint density at radius 2 is 2.00 bits per heavy atom. The van der Waals surface area contributed by atoms with Crippen molar-refractivity contribution in [2.75, 3.05) is 5.73 Å². The van der Waals surface area contributed by atoms with Gasteiger partial charge >= 0.3 is 5.97 Å². The van der Waals surface area contributed by atoms with E-state index in [1.54, 1.807) is 18.2 Å². The molecule has 0 fully saturated rings. The molecule has 0 spiro atoms. The number of aryl methyl sites for hydroxylation is 2. The zero-order chi connectivity index (χ0) is 14.7. The van der Waals surface area contributed by atoms with Gasteiger partial charge in [-0.25, -0.2) is 4.79 Å². The molecule has 0 amide bonds. The summed E-state index contributed by atoms with van der Waals surface area (Å²) in [6, 6.07) is 10.9. The number of hydrogen-bond donors (Lipinski definition) is 2. The fourth-order valence-electron chi connectivity index (χ4n) is 2.12. The van der Waals surface area contributed by atoms with Gasteiger partial charge in [0.1, 0.15) is 12.4 Å². The molecule has 4 nitrogen and oxygen atoms in total. The zero-order valence-corrected chi connectivity index (χ0v) is 11.5. The van der Waals surface area contributed by atoms with Gasteiger partial charge in [-0.15, -0.1) is 0 Å². The molecular weight excluding hydrogens is 254 g/mol. The zero-order valence-electron chi connectivity index (χ0n) is 11.5. The monoisotopic (exact) mass is 271 g/mol. The number of nitrogens with two attached hydrogens (primary N) is 1. The van der Waals surface area contributed by atoms with Gasteiger partial charge in [-0.05, 0) is 31.5 Å². The molecule has 2 aromatic carbocycles. The first kappa shape index (κ1) is 13.9. The van der Waals surface area contributed by atoms with Gasteiger partial charge in [0.25, 0.3) is 0 Å². The van der Waals surface area contributed by atoms with Crippen molar-refractivity contribution in [2.24, 2.45) is 0 Å². The minimum absolute atomic E-state index is 0.109. The number of carboxylic acid groups (broad SMARTS) is 1. The SMILES string of the molecule is Cc1ccc(OCc2cccc(N)c2C(=O)O)c(C)c1. The molecule has 0 atom stereocenters. The lowest BCUT2D eigenvalue weighted by atomic mass is 10.1. The van der Waals surface area contributed by atoms with E-state index in [-0.39, 0.29) is 17.9 Å². The quantitative estimate of drug-likeness (QED) is 0.838. The van der Waals surface area contributed by atoms with Crippen LogP contribution < -0.4 is 10.5 Å². The lowest BCUT2D eigenvalue weighted by Gasteiger charge is -2.12. The van der Waals surface area contributed by atoms with E-state index in [4.69, 9.17) is 10.5 Å². The number of carboxylic acids is 1. The highest BCUT2D eigenvalue weighted by molar-refractivity contribution is 5.95. The van der Waals surface area contributed by atoms with Gasteiger partial charge in [0, 0.05) is 11.3 Å². The molecule has 0 saturated carbocycles. The van der Waals surface area contributed by atoms with Gasteiger partial charge in [0.2, 0.25) is 0 Å². The second-order valence-corrected chi connectivity index (χ2v) is 4.74. The first-order valence-corrected chi connectivity index (χ1v) is 6.29. The molecule has 104 valence electrons. The number of anilines is 1. The van der Waals surface area contributed by atoms with Gasteiger partial charge in [0.05, 0.1) is 5.56 Å². The van der Waals surface area contributed by atoms with Crippen molar-refractivity contribution < 1.29 is 14.6 Å². The van der Waals surface area contributed by atoms with Crippen LogP contribution >= 0.6 is 0 Å².